The Morgan fingerprint density at radius 1 is 1.14 bits per heavy atom. The van der Waals surface area contributed by atoms with E-state index in [-0.39, 0.29) is 5.75 Å². The van der Waals surface area contributed by atoms with Gasteiger partial charge < -0.3 is 14.6 Å². The van der Waals surface area contributed by atoms with Crippen molar-refractivity contribution in [1.82, 2.24) is 4.98 Å². The number of aromatic nitrogens is 1. The number of benzene rings is 2. The summed E-state index contributed by atoms with van der Waals surface area (Å²) in [5, 5.41) is 10.2. The SMILES string of the molecule is COc1ccc2nc(/N=C/c3ccc(O)c(OC)c3)sc2c1. The Labute approximate surface area is 131 Å². The van der Waals surface area contributed by atoms with E-state index in [1.165, 1.54) is 18.4 Å². The first-order valence-corrected chi connectivity index (χ1v) is 7.37. The summed E-state index contributed by atoms with van der Waals surface area (Å²) >= 11 is 1.49. The minimum atomic E-state index is 0.103. The van der Waals surface area contributed by atoms with Gasteiger partial charge in [0, 0.05) is 6.21 Å². The van der Waals surface area contributed by atoms with Crippen molar-refractivity contribution in [1.29, 1.82) is 0 Å². The molecule has 22 heavy (non-hydrogen) atoms. The van der Waals surface area contributed by atoms with Gasteiger partial charge in [-0.05, 0) is 42.0 Å². The number of phenols is 1. The quantitative estimate of drug-likeness (QED) is 0.745. The Hall–Kier alpha value is -2.60. The molecule has 1 N–H and O–H groups in total. The zero-order valence-electron chi connectivity index (χ0n) is 12.1. The first-order chi connectivity index (χ1) is 10.7. The van der Waals surface area contributed by atoms with Crippen LogP contribution in [-0.4, -0.2) is 30.5 Å². The van der Waals surface area contributed by atoms with Gasteiger partial charge in [-0.1, -0.05) is 11.3 Å². The van der Waals surface area contributed by atoms with Crippen molar-refractivity contribution >= 4 is 32.9 Å². The first-order valence-electron chi connectivity index (χ1n) is 6.55. The second-order valence-corrected chi connectivity index (χ2v) is 5.53. The van der Waals surface area contributed by atoms with Gasteiger partial charge in [0.15, 0.2) is 11.5 Å². The van der Waals surface area contributed by atoms with Crippen molar-refractivity contribution in [3.63, 3.8) is 0 Å². The lowest BCUT2D eigenvalue weighted by molar-refractivity contribution is 0.373. The molecule has 5 nitrogen and oxygen atoms in total. The number of rotatable bonds is 4. The molecule has 3 aromatic rings. The molecule has 0 saturated carbocycles. The molecule has 0 unspecified atom stereocenters. The van der Waals surface area contributed by atoms with E-state index < -0.39 is 0 Å². The third-order valence-corrected chi connectivity index (χ3v) is 4.04. The van der Waals surface area contributed by atoms with Crippen LogP contribution in [0.3, 0.4) is 0 Å². The van der Waals surface area contributed by atoms with Crippen molar-refractivity contribution in [2.45, 2.75) is 0 Å². The van der Waals surface area contributed by atoms with Crippen LogP contribution in [-0.2, 0) is 0 Å². The number of hydrogen-bond donors (Lipinski definition) is 1. The van der Waals surface area contributed by atoms with E-state index >= 15 is 0 Å². The Bertz CT molecular complexity index is 843. The Morgan fingerprint density at radius 3 is 2.77 bits per heavy atom. The number of fused-ring (bicyclic) bond motifs is 1. The normalized spacial score (nSPS) is 11.2. The van der Waals surface area contributed by atoms with Gasteiger partial charge in [0.1, 0.15) is 5.75 Å². The molecule has 0 fully saturated rings. The van der Waals surface area contributed by atoms with Crippen LogP contribution in [0.25, 0.3) is 10.2 Å². The highest BCUT2D eigenvalue weighted by molar-refractivity contribution is 7.22. The van der Waals surface area contributed by atoms with E-state index in [1.807, 2.05) is 18.2 Å². The van der Waals surface area contributed by atoms with Crippen molar-refractivity contribution < 1.29 is 14.6 Å². The number of ether oxygens (including phenoxy) is 2. The fourth-order valence-corrected chi connectivity index (χ4v) is 2.82. The monoisotopic (exact) mass is 314 g/mol. The van der Waals surface area contributed by atoms with Gasteiger partial charge in [-0.15, -0.1) is 0 Å². The van der Waals surface area contributed by atoms with Crippen molar-refractivity contribution in [3.8, 4) is 17.2 Å². The summed E-state index contributed by atoms with van der Waals surface area (Å²) in [7, 11) is 3.15. The molecule has 0 saturated heterocycles. The highest BCUT2D eigenvalue weighted by Gasteiger charge is 2.04. The zero-order chi connectivity index (χ0) is 15.5. The van der Waals surface area contributed by atoms with Gasteiger partial charge in [-0.3, -0.25) is 0 Å². The second-order valence-electron chi connectivity index (χ2n) is 4.52. The Balaban J connectivity index is 1.88. The topological polar surface area (TPSA) is 63.9 Å². The Morgan fingerprint density at radius 2 is 2.00 bits per heavy atom. The number of methoxy groups -OCH3 is 2. The number of hydrogen-bond acceptors (Lipinski definition) is 6. The molecule has 0 radical (unpaired) electrons. The van der Waals surface area contributed by atoms with E-state index in [1.54, 1.807) is 31.5 Å². The molecule has 0 bridgehead atoms. The molecule has 1 heterocycles. The molecule has 0 aliphatic rings. The number of nitrogens with zero attached hydrogens (tertiary/aromatic N) is 2. The van der Waals surface area contributed by atoms with E-state index in [2.05, 4.69) is 9.98 Å². The molecule has 0 aliphatic carbocycles. The number of aliphatic imine (C=N–C) groups is 1. The van der Waals surface area contributed by atoms with Crippen LogP contribution < -0.4 is 9.47 Å². The summed E-state index contributed by atoms with van der Waals surface area (Å²) in [5.41, 5.74) is 1.72. The summed E-state index contributed by atoms with van der Waals surface area (Å²) < 4.78 is 11.3. The van der Waals surface area contributed by atoms with Gasteiger partial charge in [-0.25, -0.2) is 9.98 Å². The lowest BCUT2D eigenvalue weighted by atomic mass is 10.2. The maximum atomic E-state index is 9.57. The van der Waals surface area contributed by atoms with Gasteiger partial charge in [0.25, 0.3) is 0 Å². The highest BCUT2D eigenvalue weighted by Crippen LogP contribution is 2.31. The standard InChI is InChI=1S/C16H14N2O3S/c1-20-11-4-5-12-15(8-11)22-16(18-12)17-9-10-3-6-13(19)14(7-10)21-2/h3-9,19H,1-2H3/b17-9+. The molecule has 3 rings (SSSR count). The number of thiazole rings is 1. The summed E-state index contributed by atoms with van der Waals surface area (Å²) in [6.45, 7) is 0. The van der Waals surface area contributed by atoms with Gasteiger partial charge in [0.05, 0.1) is 24.4 Å². The molecule has 1 aromatic heterocycles. The fourth-order valence-electron chi connectivity index (χ4n) is 1.98. The summed E-state index contributed by atoms with van der Waals surface area (Å²) in [6.07, 6.45) is 1.69. The average molecular weight is 314 g/mol. The lowest BCUT2D eigenvalue weighted by Crippen LogP contribution is -1.86. The molecule has 0 amide bonds. The molecular weight excluding hydrogens is 300 g/mol. The molecular formula is C16H14N2O3S. The van der Waals surface area contributed by atoms with Crippen molar-refractivity contribution in [2.75, 3.05) is 14.2 Å². The van der Waals surface area contributed by atoms with Crippen LogP contribution in [0.4, 0.5) is 5.13 Å². The van der Waals surface area contributed by atoms with E-state index in [0.29, 0.717) is 10.9 Å². The third-order valence-electron chi connectivity index (χ3n) is 3.11. The molecule has 0 aliphatic heterocycles. The molecule has 112 valence electrons. The smallest absolute Gasteiger partial charge is 0.210 e. The molecule has 0 atom stereocenters. The second kappa shape index (κ2) is 6.03. The van der Waals surface area contributed by atoms with Gasteiger partial charge >= 0.3 is 0 Å². The molecule has 2 aromatic carbocycles. The van der Waals surface area contributed by atoms with E-state index in [9.17, 15) is 5.11 Å². The van der Waals surface area contributed by atoms with Crippen LogP contribution >= 0.6 is 11.3 Å². The van der Waals surface area contributed by atoms with Gasteiger partial charge in [0.2, 0.25) is 5.13 Å². The first kappa shape index (κ1) is 14.3. The molecule has 0 spiro atoms. The van der Waals surface area contributed by atoms with Crippen LogP contribution in [0.5, 0.6) is 17.2 Å². The summed E-state index contributed by atoms with van der Waals surface area (Å²) in [5.74, 6) is 1.32. The number of phenolic OH excluding ortho intramolecular Hbond substituents is 1. The summed E-state index contributed by atoms with van der Waals surface area (Å²) in [6, 6.07) is 10.8. The molecule has 6 heteroatoms. The van der Waals surface area contributed by atoms with Crippen molar-refractivity contribution in [3.05, 3.63) is 42.0 Å². The van der Waals surface area contributed by atoms with Crippen LogP contribution in [0, 0.1) is 0 Å². The maximum absolute atomic E-state index is 9.57. The number of aromatic hydroxyl groups is 1. The summed E-state index contributed by atoms with van der Waals surface area (Å²) in [4.78, 5) is 8.83. The predicted molar refractivity (Wildman–Crippen MR) is 88.1 cm³/mol. The van der Waals surface area contributed by atoms with Crippen LogP contribution in [0.2, 0.25) is 0 Å². The van der Waals surface area contributed by atoms with E-state index in [0.717, 1.165) is 21.5 Å². The maximum Gasteiger partial charge on any atom is 0.210 e. The van der Waals surface area contributed by atoms with Crippen molar-refractivity contribution in [2.24, 2.45) is 4.99 Å². The highest BCUT2D eigenvalue weighted by atomic mass is 32.1. The largest absolute Gasteiger partial charge is 0.504 e. The van der Waals surface area contributed by atoms with Crippen LogP contribution in [0.15, 0.2) is 41.4 Å². The minimum Gasteiger partial charge on any atom is -0.504 e. The Kier molecular flexibility index (Phi) is 3.93. The fraction of sp³-hybridized carbons (Fsp3) is 0.125. The lowest BCUT2D eigenvalue weighted by Gasteiger charge is -2.02. The van der Waals surface area contributed by atoms with E-state index in [4.69, 9.17) is 9.47 Å². The average Bonchev–Trinajstić information content (AvgIpc) is 2.95. The van der Waals surface area contributed by atoms with Gasteiger partial charge in [-0.2, -0.15) is 0 Å². The van der Waals surface area contributed by atoms with Crippen LogP contribution in [0.1, 0.15) is 5.56 Å². The predicted octanol–water partition coefficient (Wildman–Crippen LogP) is 3.77. The zero-order valence-corrected chi connectivity index (χ0v) is 12.9. The third kappa shape index (κ3) is 2.87. The minimum absolute atomic E-state index is 0.103.